The molecule has 37 heavy (non-hydrogen) atoms. The first-order valence-corrected chi connectivity index (χ1v) is 12.7. The first-order valence-electron chi connectivity index (χ1n) is 11.3. The third kappa shape index (κ3) is 9.15. The summed E-state index contributed by atoms with van der Waals surface area (Å²) in [5.41, 5.74) is 0.506. The molecule has 1 saturated heterocycles. The van der Waals surface area contributed by atoms with E-state index in [1.165, 1.54) is 16.4 Å². The molecular weight excluding hydrogens is 518 g/mol. The molecule has 0 aromatic carbocycles. The number of hydrogen-bond donors (Lipinski definition) is 7. The van der Waals surface area contributed by atoms with E-state index in [1.807, 2.05) is 0 Å². The van der Waals surface area contributed by atoms with Crippen LogP contribution in [0, 0.1) is 0 Å². The monoisotopic (exact) mass is 551 g/mol. The lowest BCUT2D eigenvalue weighted by Crippen LogP contribution is -2.60. The Balaban J connectivity index is 1.72. The lowest BCUT2D eigenvalue weighted by molar-refractivity contribution is -0.295. The normalized spacial score (nSPS) is 25.4. The minimum absolute atomic E-state index is 0.0489. The molecule has 1 aliphatic heterocycles. The van der Waals surface area contributed by atoms with E-state index in [9.17, 15) is 34.8 Å². The van der Waals surface area contributed by atoms with E-state index >= 15 is 0 Å². The Morgan fingerprint density at radius 3 is 2.49 bits per heavy atom. The van der Waals surface area contributed by atoms with Crippen LogP contribution in [0.15, 0.2) is 6.20 Å². The summed E-state index contributed by atoms with van der Waals surface area (Å²) in [7, 11) is 1.58. The van der Waals surface area contributed by atoms with Crippen LogP contribution in [-0.2, 0) is 41.6 Å². The van der Waals surface area contributed by atoms with Gasteiger partial charge in [-0.3, -0.25) is 4.79 Å². The van der Waals surface area contributed by atoms with Crippen molar-refractivity contribution in [1.82, 2.24) is 25.6 Å². The standard InChI is InChI=1S/C20H33N5O11S/c1-21-11(17(29)22-12(9-37-2)18(30)31)7-10-8-25(24-23-10)3-4-34-5-6-35-20-15(28)13(26)14(27)16(36-20)19(32)33/h8,11-16,20-21,26-28H,3-7,9H2,1-2H3,(H,22,29)(H,30,31)(H,32,33)/t11-,12+,13-,14?,15+,16?,20?/m0/s1. The van der Waals surface area contributed by atoms with Crippen LogP contribution in [0.2, 0.25) is 0 Å². The van der Waals surface area contributed by atoms with Gasteiger partial charge in [0.2, 0.25) is 5.91 Å². The highest BCUT2D eigenvalue weighted by molar-refractivity contribution is 7.98. The minimum atomic E-state index is -1.80. The molecule has 1 fully saturated rings. The lowest BCUT2D eigenvalue weighted by atomic mass is 9.99. The van der Waals surface area contributed by atoms with Crippen LogP contribution in [-0.4, -0.2) is 140 Å². The van der Waals surface area contributed by atoms with Gasteiger partial charge in [0, 0.05) is 18.4 Å². The predicted octanol–water partition coefficient (Wildman–Crippen LogP) is -3.73. The number of carboxylic acid groups (broad SMARTS) is 2. The second-order valence-electron chi connectivity index (χ2n) is 8.09. The second-order valence-corrected chi connectivity index (χ2v) is 9.00. The second kappa shape index (κ2) is 15.1. The van der Waals surface area contributed by atoms with Gasteiger partial charge < -0.3 is 50.4 Å². The number of rotatable bonds is 16. The van der Waals surface area contributed by atoms with Gasteiger partial charge in [0.1, 0.15) is 24.4 Å². The molecule has 0 bridgehead atoms. The molecule has 3 unspecified atom stereocenters. The molecule has 17 heteroatoms. The summed E-state index contributed by atoms with van der Waals surface area (Å²) in [6.45, 7) is 0.469. The van der Waals surface area contributed by atoms with Crippen LogP contribution in [0.5, 0.6) is 0 Å². The number of thioether (sulfide) groups is 1. The maximum Gasteiger partial charge on any atom is 0.335 e. The zero-order valence-electron chi connectivity index (χ0n) is 20.3. The van der Waals surface area contributed by atoms with Crippen molar-refractivity contribution in [2.75, 3.05) is 38.9 Å². The van der Waals surface area contributed by atoms with Crippen molar-refractivity contribution in [3.05, 3.63) is 11.9 Å². The molecule has 1 amide bonds. The Morgan fingerprint density at radius 2 is 1.86 bits per heavy atom. The first-order chi connectivity index (χ1) is 17.6. The maximum absolute atomic E-state index is 12.5. The van der Waals surface area contributed by atoms with Crippen LogP contribution in [0.4, 0.5) is 0 Å². The van der Waals surface area contributed by atoms with Gasteiger partial charge >= 0.3 is 11.9 Å². The molecule has 0 spiro atoms. The highest BCUT2D eigenvalue weighted by Gasteiger charge is 2.47. The average Bonchev–Trinajstić information content (AvgIpc) is 3.30. The van der Waals surface area contributed by atoms with E-state index in [4.69, 9.17) is 19.3 Å². The van der Waals surface area contributed by atoms with E-state index in [1.54, 1.807) is 19.5 Å². The highest BCUT2D eigenvalue weighted by atomic mass is 32.2. The summed E-state index contributed by atoms with van der Waals surface area (Å²) in [5, 5.41) is 60.9. The molecule has 7 N–H and O–H groups in total. The molecule has 0 saturated carbocycles. The molecule has 1 aromatic heterocycles. The topological polar surface area (TPSA) is 235 Å². The van der Waals surface area contributed by atoms with E-state index in [2.05, 4.69) is 20.9 Å². The molecule has 210 valence electrons. The maximum atomic E-state index is 12.5. The fourth-order valence-corrected chi connectivity index (χ4v) is 3.92. The molecule has 1 aromatic rings. The number of amides is 1. The van der Waals surface area contributed by atoms with Crippen LogP contribution < -0.4 is 10.6 Å². The summed E-state index contributed by atoms with van der Waals surface area (Å²) in [5.74, 6) is -2.85. The number of nitrogens with one attached hydrogen (secondary N) is 2. The van der Waals surface area contributed by atoms with Gasteiger partial charge in [-0.05, 0) is 13.3 Å². The van der Waals surface area contributed by atoms with Crippen molar-refractivity contribution in [3.8, 4) is 0 Å². The Hall–Kier alpha value is -2.38. The number of likely N-dealkylation sites (N-methyl/N-ethyl adjacent to an activating group) is 1. The number of aliphatic hydroxyl groups excluding tert-OH is 3. The van der Waals surface area contributed by atoms with Gasteiger partial charge in [0.25, 0.3) is 0 Å². The molecule has 2 rings (SSSR count). The predicted molar refractivity (Wildman–Crippen MR) is 126 cm³/mol. The first kappa shape index (κ1) is 30.8. The third-order valence-corrected chi connectivity index (χ3v) is 6.07. The third-order valence-electron chi connectivity index (χ3n) is 5.40. The van der Waals surface area contributed by atoms with Gasteiger partial charge in [0.15, 0.2) is 12.4 Å². The van der Waals surface area contributed by atoms with Crippen molar-refractivity contribution in [2.45, 2.75) is 55.8 Å². The van der Waals surface area contributed by atoms with Crippen molar-refractivity contribution in [1.29, 1.82) is 0 Å². The average molecular weight is 552 g/mol. The SMILES string of the molecule is CN[C@@H](Cc1cn(CCOCCOC2OC(C(=O)O)C(O)[C@H](O)[C@H]2O)nn1)C(=O)N[C@H](CSC)C(=O)O. The number of carbonyl (C=O) groups is 3. The van der Waals surface area contributed by atoms with Crippen LogP contribution in [0.25, 0.3) is 0 Å². The number of carboxylic acids is 2. The van der Waals surface area contributed by atoms with Gasteiger partial charge in [-0.15, -0.1) is 5.10 Å². The summed E-state index contributed by atoms with van der Waals surface area (Å²) in [4.78, 5) is 34.8. The number of ether oxygens (including phenoxy) is 3. The zero-order valence-corrected chi connectivity index (χ0v) is 21.1. The van der Waals surface area contributed by atoms with Crippen molar-refractivity contribution in [2.24, 2.45) is 0 Å². The molecular formula is C20H33N5O11S. The van der Waals surface area contributed by atoms with Gasteiger partial charge in [-0.25, -0.2) is 14.3 Å². The van der Waals surface area contributed by atoms with Crippen LogP contribution >= 0.6 is 11.8 Å². The molecule has 1 aliphatic rings. The van der Waals surface area contributed by atoms with Crippen LogP contribution in [0.1, 0.15) is 5.69 Å². The van der Waals surface area contributed by atoms with Gasteiger partial charge in [-0.1, -0.05) is 5.21 Å². The Kier molecular flexibility index (Phi) is 12.6. The number of carbonyl (C=O) groups excluding carboxylic acids is 1. The minimum Gasteiger partial charge on any atom is -0.480 e. The van der Waals surface area contributed by atoms with Crippen molar-refractivity contribution >= 4 is 29.6 Å². The summed E-state index contributed by atoms with van der Waals surface area (Å²) < 4.78 is 17.1. The number of aliphatic hydroxyl groups is 3. The highest BCUT2D eigenvalue weighted by Crippen LogP contribution is 2.22. The smallest absolute Gasteiger partial charge is 0.335 e. The van der Waals surface area contributed by atoms with Gasteiger partial charge in [-0.2, -0.15) is 11.8 Å². The van der Waals surface area contributed by atoms with Gasteiger partial charge in [0.05, 0.1) is 38.1 Å². The number of aromatic nitrogens is 3. The van der Waals surface area contributed by atoms with Crippen molar-refractivity contribution < 1.29 is 54.1 Å². The number of aliphatic carboxylic acids is 2. The largest absolute Gasteiger partial charge is 0.480 e. The summed E-state index contributed by atoms with van der Waals surface area (Å²) >= 11 is 1.31. The molecule has 0 aliphatic carbocycles. The summed E-state index contributed by atoms with van der Waals surface area (Å²) in [6, 6.07) is -1.71. The van der Waals surface area contributed by atoms with E-state index in [0.29, 0.717) is 12.2 Å². The number of nitrogens with zero attached hydrogens (tertiary/aromatic N) is 3. The molecule has 2 heterocycles. The van der Waals surface area contributed by atoms with Crippen molar-refractivity contribution in [3.63, 3.8) is 0 Å². The zero-order chi connectivity index (χ0) is 27.5. The Bertz CT molecular complexity index is 891. The van der Waals surface area contributed by atoms with E-state index < -0.39 is 60.6 Å². The summed E-state index contributed by atoms with van der Waals surface area (Å²) in [6.07, 6.45) is -4.82. The molecule has 16 nitrogen and oxygen atoms in total. The number of hydrogen-bond acceptors (Lipinski definition) is 13. The molecule has 0 radical (unpaired) electrons. The quantitative estimate of drug-likeness (QED) is 0.0978. The molecule has 7 atom stereocenters. The Labute approximate surface area is 216 Å². The van der Waals surface area contributed by atoms with Crippen LogP contribution in [0.3, 0.4) is 0 Å². The fourth-order valence-electron chi connectivity index (χ4n) is 3.36. The fraction of sp³-hybridized carbons (Fsp3) is 0.750. The Morgan fingerprint density at radius 1 is 1.14 bits per heavy atom. The van der Waals surface area contributed by atoms with E-state index in [0.717, 1.165) is 0 Å². The van der Waals surface area contributed by atoms with E-state index in [-0.39, 0.29) is 32.0 Å². The lowest BCUT2D eigenvalue weighted by Gasteiger charge is -2.38.